The molecule has 1 atom stereocenters. The van der Waals surface area contributed by atoms with Crippen LogP contribution >= 0.6 is 11.7 Å². The second-order valence-corrected chi connectivity index (χ2v) is 8.08. The topological polar surface area (TPSA) is 127 Å². The fourth-order valence-electron chi connectivity index (χ4n) is 2.35. The summed E-state index contributed by atoms with van der Waals surface area (Å²) < 4.78 is 53.6. The molecule has 1 unspecified atom stereocenters. The van der Waals surface area contributed by atoms with Crippen molar-refractivity contribution in [2.24, 2.45) is 0 Å². The normalized spacial score (nSPS) is 12.5. The van der Waals surface area contributed by atoms with Crippen LogP contribution in [0.1, 0.15) is 6.92 Å². The van der Waals surface area contributed by atoms with E-state index in [1.165, 1.54) is 37.3 Å². The van der Waals surface area contributed by atoms with Crippen molar-refractivity contribution in [2.45, 2.75) is 17.9 Å². The highest BCUT2D eigenvalue weighted by Crippen LogP contribution is 2.21. The number of nitrogens with one attached hydrogen (secondary N) is 2. The molecular formula is C17H15FN4O5S2. The number of rotatable bonds is 7. The smallest absolute Gasteiger partial charge is 0.324 e. The van der Waals surface area contributed by atoms with E-state index in [9.17, 15) is 22.4 Å². The molecule has 152 valence electrons. The number of nitrogens with zero attached hydrogens (tertiary/aromatic N) is 2. The summed E-state index contributed by atoms with van der Waals surface area (Å²) in [4.78, 5) is 23.7. The Morgan fingerprint density at radius 1 is 1.17 bits per heavy atom. The molecule has 0 radical (unpaired) electrons. The molecule has 0 aliphatic rings. The molecule has 29 heavy (non-hydrogen) atoms. The Kier molecular flexibility index (Phi) is 6.15. The number of esters is 1. The molecule has 12 heteroatoms. The van der Waals surface area contributed by atoms with E-state index in [1.807, 2.05) is 0 Å². The lowest BCUT2D eigenvalue weighted by Gasteiger charge is -2.14. The van der Waals surface area contributed by atoms with Crippen LogP contribution in [-0.2, 0) is 24.3 Å². The lowest BCUT2D eigenvalue weighted by Crippen LogP contribution is -2.40. The van der Waals surface area contributed by atoms with Crippen molar-refractivity contribution in [3.8, 4) is 0 Å². The maximum Gasteiger partial charge on any atom is 0.324 e. The average Bonchev–Trinajstić information content (AvgIpc) is 3.16. The monoisotopic (exact) mass is 438 g/mol. The number of fused-ring (bicyclic) bond motifs is 1. The van der Waals surface area contributed by atoms with Gasteiger partial charge in [-0.1, -0.05) is 18.2 Å². The lowest BCUT2D eigenvalue weighted by molar-refractivity contribution is -0.148. The molecule has 0 saturated carbocycles. The van der Waals surface area contributed by atoms with Crippen molar-refractivity contribution < 1.29 is 27.1 Å². The van der Waals surface area contributed by atoms with Gasteiger partial charge >= 0.3 is 5.97 Å². The molecule has 1 aromatic heterocycles. The van der Waals surface area contributed by atoms with Gasteiger partial charge in [-0.2, -0.15) is 13.5 Å². The Bertz CT molecular complexity index is 1170. The Balaban J connectivity index is 1.59. The molecule has 0 spiro atoms. The first-order chi connectivity index (χ1) is 13.8. The van der Waals surface area contributed by atoms with Crippen molar-refractivity contribution in [1.82, 2.24) is 13.5 Å². The number of carbonyl (C=O) groups is 2. The number of hydrogen-bond donors (Lipinski definition) is 2. The Hall–Kier alpha value is -2.96. The summed E-state index contributed by atoms with van der Waals surface area (Å²) in [6.45, 7) is 0.568. The standard InChI is InChI=1S/C17H15FN4O5S2/c1-10(17(24)27-9-15(23)19-12-6-3-2-5-11(12)18)22-29(25,26)14-8-4-7-13-16(14)21-28-20-13/h2-8,10,22H,9H2,1H3,(H,19,23). The summed E-state index contributed by atoms with van der Waals surface area (Å²) in [7, 11) is -4.09. The van der Waals surface area contributed by atoms with Crippen molar-refractivity contribution in [1.29, 1.82) is 0 Å². The molecule has 0 bridgehead atoms. The van der Waals surface area contributed by atoms with Gasteiger partial charge in [0.2, 0.25) is 10.0 Å². The third kappa shape index (κ3) is 4.91. The van der Waals surface area contributed by atoms with E-state index >= 15 is 0 Å². The van der Waals surface area contributed by atoms with Crippen LogP contribution in [0.15, 0.2) is 47.4 Å². The van der Waals surface area contributed by atoms with E-state index in [0.717, 1.165) is 17.8 Å². The van der Waals surface area contributed by atoms with Gasteiger partial charge in [-0.3, -0.25) is 9.59 Å². The molecule has 2 N–H and O–H groups in total. The lowest BCUT2D eigenvalue weighted by atomic mass is 10.3. The molecule has 3 rings (SSSR count). The van der Waals surface area contributed by atoms with E-state index in [-0.39, 0.29) is 16.1 Å². The third-order valence-corrected chi connectivity index (χ3v) is 5.83. The van der Waals surface area contributed by atoms with Crippen molar-refractivity contribution in [2.75, 3.05) is 11.9 Å². The zero-order chi connectivity index (χ0) is 21.0. The predicted molar refractivity (Wildman–Crippen MR) is 103 cm³/mol. The number of halogens is 1. The first-order valence-electron chi connectivity index (χ1n) is 8.22. The molecule has 1 amide bonds. The first kappa shape index (κ1) is 20.8. The number of amides is 1. The van der Waals surface area contributed by atoms with Crippen LogP contribution in [0, 0.1) is 5.82 Å². The molecule has 9 nitrogen and oxygen atoms in total. The SMILES string of the molecule is CC(NS(=O)(=O)c1cccc2nsnc12)C(=O)OCC(=O)Nc1ccccc1F. The summed E-state index contributed by atoms with van der Waals surface area (Å²) in [5.41, 5.74) is 0.542. The second-order valence-electron chi connectivity index (χ2n) is 5.87. The van der Waals surface area contributed by atoms with Gasteiger partial charge in [0.1, 0.15) is 27.8 Å². The third-order valence-electron chi connectivity index (χ3n) is 3.72. The van der Waals surface area contributed by atoms with Gasteiger partial charge in [-0.05, 0) is 31.2 Å². The van der Waals surface area contributed by atoms with Crippen LogP contribution in [0.5, 0.6) is 0 Å². The summed E-state index contributed by atoms with van der Waals surface area (Å²) in [5.74, 6) is -2.38. The molecule has 2 aromatic carbocycles. The maximum absolute atomic E-state index is 13.5. The van der Waals surface area contributed by atoms with E-state index in [2.05, 4.69) is 18.8 Å². The van der Waals surface area contributed by atoms with Gasteiger partial charge in [-0.25, -0.2) is 12.8 Å². The quantitative estimate of drug-likeness (QED) is 0.537. The zero-order valence-corrected chi connectivity index (χ0v) is 16.6. The molecule has 0 aliphatic heterocycles. The number of para-hydroxylation sites is 1. The number of benzene rings is 2. The molecule has 1 heterocycles. The minimum atomic E-state index is -4.09. The van der Waals surface area contributed by atoms with Crippen LogP contribution in [0.4, 0.5) is 10.1 Å². The van der Waals surface area contributed by atoms with Gasteiger partial charge < -0.3 is 10.1 Å². The molecular weight excluding hydrogens is 423 g/mol. The highest BCUT2D eigenvalue weighted by atomic mass is 32.2. The Labute approximate surface area is 169 Å². The van der Waals surface area contributed by atoms with Crippen LogP contribution in [-0.4, -0.2) is 41.7 Å². The Morgan fingerprint density at radius 3 is 2.69 bits per heavy atom. The van der Waals surface area contributed by atoms with Gasteiger partial charge in [0, 0.05) is 0 Å². The minimum absolute atomic E-state index is 0.0627. The highest BCUT2D eigenvalue weighted by Gasteiger charge is 2.26. The number of anilines is 1. The molecule has 3 aromatic rings. The molecule has 0 fully saturated rings. The van der Waals surface area contributed by atoms with E-state index < -0.39 is 40.4 Å². The predicted octanol–water partition coefficient (Wildman–Crippen LogP) is 1.68. The maximum atomic E-state index is 13.5. The summed E-state index contributed by atoms with van der Waals surface area (Å²) in [6.07, 6.45) is 0. The van der Waals surface area contributed by atoms with E-state index in [0.29, 0.717) is 5.52 Å². The summed E-state index contributed by atoms with van der Waals surface area (Å²) >= 11 is 0.866. The average molecular weight is 438 g/mol. The van der Waals surface area contributed by atoms with Crippen LogP contribution in [0.25, 0.3) is 11.0 Å². The largest absolute Gasteiger partial charge is 0.454 e. The summed E-state index contributed by atoms with van der Waals surface area (Å²) in [6, 6.07) is 8.69. The van der Waals surface area contributed by atoms with Gasteiger partial charge in [-0.15, -0.1) is 0 Å². The molecule has 0 aliphatic carbocycles. The van der Waals surface area contributed by atoms with Gasteiger partial charge in [0.15, 0.2) is 6.61 Å². The highest BCUT2D eigenvalue weighted by molar-refractivity contribution is 7.89. The van der Waals surface area contributed by atoms with Crippen LogP contribution in [0.3, 0.4) is 0 Å². The van der Waals surface area contributed by atoms with Crippen LogP contribution < -0.4 is 10.0 Å². The van der Waals surface area contributed by atoms with Gasteiger partial charge in [0.25, 0.3) is 5.91 Å². The van der Waals surface area contributed by atoms with E-state index in [1.54, 1.807) is 6.07 Å². The first-order valence-corrected chi connectivity index (χ1v) is 10.4. The van der Waals surface area contributed by atoms with Gasteiger partial charge in [0.05, 0.1) is 17.4 Å². The fourth-order valence-corrected chi connectivity index (χ4v) is 4.31. The van der Waals surface area contributed by atoms with Crippen molar-refractivity contribution in [3.05, 3.63) is 48.3 Å². The summed E-state index contributed by atoms with van der Waals surface area (Å²) in [5, 5.41) is 2.25. The second kappa shape index (κ2) is 8.59. The van der Waals surface area contributed by atoms with Crippen LogP contribution in [0.2, 0.25) is 0 Å². The number of ether oxygens (including phenoxy) is 1. The Morgan fingerprint density at radius 2 is 1.93 bits per heavy atom. The number of hydrogen-bond acceptors (Lipinski definition) is 8. The number of carbonyl (C=O) groups excluding carboxylic acids is 2. The van der Waals surface area contributed by atoms with Crippen molar-refractivity contribution >= 4 is 50.3 Å². The fraction of sp³-hybridized carbons (Fsp3) is 0.176. The van der Waals surface area contributed by atoms with E-state index in [4.69, 9.17) is 4.74 Å². The number of sulfonamides is 1. The minimum Gasteiger partial charge on any atom is -0.454 e. The zero-order valence-electron chi connectivity index (χ0n) is 15.0. The molecule has 0 saturated heterocycles. The van der Waals surface area contributed by atoms with Crippen molar-refractivity contribution in [3.63, 3.8) is 0 Å². The number of aromatic nitrogens is 2.